The highest BCUT2D eigenvalue weighted by Gasteiger charge is 2.27. The van der Waals surface area contributed by atoms with E-state index in [0.717, 1.165) is 5.56 Å². The third-order valence-corrected chi connectivity index (χ3v) is 3.92. The van der Waals surface area contributed by atoms with E-state index >= 15 is 0 Å². The molecule has 2 aromatic rings. The smallest absolute Gasteiger partial charge is 0.282 e. The van der Waals surface area contributed by atoms with Crippen LogP contribution in [0, 0.1) is 21.4 Å². The molecule has 6 nitrogen and oxygen atoms in total. The Labute approximate surface area is 140 Å². The molecule has 0 fully saturated rings. The van der Waals surface area contributed by atoms with Crippen molar-refractivity contribution in [2.24, 2.45) is 0 Å². The van der Waals surface area contributed by atoms with E-state index in [4.69, 9.17) is 5.26 Å². The molecule has 0 aliphatic rings. The summed E-state index contributed by atoms with van der Waals surface area (Å²) in [6.07, 6.45) is 0. The van der Waals surface area contributed by atoms with Crippen LogP contribution in [0.25, 0.3) is 0 Å². The number of nitrogens with zero attached hydrogens (tertiary/aromatic N) is 3. The van der Waals surface area contributed by atoms with Crippen molar-refractivity contribution in [1.29, 1.82) is 5.26 Å². The Bertz CT molecular complexity index is 794. The molecule has 0 saturated carbocycles. The summed E-state index contributed by atoms with van der Waals surface area (Å²) >= 11 is 0. The number of rotatable bonds is 5. The van der Waals surface area contributed by atoms with Gasteiger partial charge in [0.1, 0.15) is 5.56 Å². The lowest BCUT2D eigenvalue weighted by molar-refractivity contribution is -0.385. The molecular weight excluding hydrogens is 306 g/mol. The lowest BCUT2D eigenvalue weighted by Gasteiger charge is -2.28. The molecule has 0 heterocycles. The zero-order valence-electron chi connectivity index (χ0n) is 13.5. The van der Waals surface area contributed by atoms with Gasteiger partial charge in [0.15, 0.2) is 0 Å². The maximum absolute atomic E-state index is 12.8. The Morgan fingerprint density at radius 1 is 1.25 bits per heavy atom. The zero-order valence-corrected chi connectivity index (χ0v) is 13.5. The first kappa shape index (κ1) is 17.2. The van der Waals surface area contributed by atoms with Crippen LogP contribution >= 0.6 is 0 Å². The minimum Gasteiger partial charge on any atom is -0.332 e. The summed E-state index contributed by atoms with van der Waals surface area (Å²) in [5.74, 6) is -0.387. The van der Waals surface area contributed by atoms with E-state index in [1.807, 2.05) is 19.9 Å². The molecule has 0 aliphatic heterocycles. The fourth-order valence-corrected chi connectivity index (χ4v) is 2.58. The van der Waals surface area contributed by atoms with Gasteiger partial charge in [-0.1, -0.05) is 24.3 Å². The lowest BCUT2D eigenvalue weighted by Crippen LogP contribution is -2.33. The highest BCUT2D eigenvalue weighted by molar-refractivity contribution is 5.98. The molecule has 0 bridgehead atoms. The zero-order chi connectivity index (χ0) is 17.7. The SMILES string of the molecule is CCN(C(=O)c1ccccc1[N+](=O)[O-])C(C)c1ccc(C#N)cc1. The summed E-state index contributed by atoms with van der Waals surface area (Å²) in [4.78, 5) is 25.0. The number of hydrogen-bond acceptors (Lipinski definition) is 4. The average molecular weight is 323 g/mol. The van der Waals surface area contributed by atoms with E-state index in [9.17, 15) is 14.9 Å². The summed E-state index contributed by atoms with van der Waals surface area (Å²) in [6.45, 7) is 4.09. The van der Waals surface area contributed by atoms with Crippen molar-refractivity contribution in [2.45, 2.75) is 19.9 Å². The summed E-state index contributed by atoms with van der Waals surface area (Å²) in [5, 5.41) is 20.0. The second-order valence-electron chi connectivity index (χ2n) is 5.28. The van der Waals surface area contributed by atoms with Crippen LogP contribution in [0.3, 0.4) is 0 Å². The molecular formula is C18H17N3O3. The summed E-state index contributed by atoms with van der Waals surface area (Å²) in [7, 11) is 0. The number of nitro benzene ring substituents is 1. The standard InChI is InChI=1S/C18H17N3O3/c1-3-20(13(2)15-10-8-14(12-19)9-11-15)18(22)16-6-4-5-7-17(16)21(23)24/h4-11,13H,3H2,1-2H3. The average Bonchev–Trinajstić information content (AvgIpc) is 2.62. The van der Waals surface area contributed by atoms with E-state index in [1.54, 1.807) is 35.2 Å². The van der Waals surface area contributed by atoms with Crippen molar-refractivity contribution < 1.29 is 9.72 Å². The van der Waals surface area contributed by atoms with Crippen LogP contribution in [-0.4, -0.2) is 22.3 Å². The molecule has 0 aliphatic carbocycles. The molecule has 1 atom stereocenters. The van der Waals surface area contributed by atoms with E-state index in [-0.39, 0.29) is 23.2 Å². The molecule has 2 rings (SSSR count). The van der Waals surface area contributed by atoms with Crippen LogP contribution in [0.1, 0.15) is 41.4 Å². The lowest BCUT2D eigenvalue weighted by atomic mass is 10.0. The van der Waals surface area contributed by atoms with Crippen molar-refractivity contribution >= 4 is 11.6 Å². The van der Waals surface area contributed by atoms with Gasteiger partial charge in [-0.3, -0.25) is 14.9 Å². The highest BCUT2D eigenvalue weighted by atomic mass is 16.6. The van der Waals surface area contributed by atoms with Crippen LogP contribution < -0.4 is 0 Å². The van der Waals surface area contributed by atoms with Gasteiger partial charge in [-0.25, -0.2) is 0 Å². The number of nitriles is 1. The maximum atomic E-state index is 12.8. The topological polar surface area (TPSA) is 87.2 Å². The Balaban J connectivity index is 2.35. The van der Waals surface area contributed by atoms with Gasteiger partial charge < -0.3 is 4.90 Å². The van der Waals surface area contributed by atoms with Crippen molar-refractivity contribution in [3.05, 3.63) is 75.3 Å². The van der Waals surface area contributed by atoms with Crippen molar-refractivity contribution in [1.82, 2.24) is 4.90 Å². The third-order valence-electron chi connectivity index (χ3n) is 3.92. The highest BCUT2D eigenvalue weighted by Crippen LogP contribution is 2.26. The summed E-state index contributed by atoms with van der Waals surface area (Å²) in [6, 6.07) is 14.7. The van der Waals surface area contributed by atoms with Crippen LogP contribution in [0.5, 0.6) is 0 Å². The predicted octanol–water partition coefficient (Wildman–Crippen LogP) is 3.69. The van der Waals surface area contributed by atoms with Crippen LogP contribution in [0.2, 0.25) is 0 Å². The molecule has 24 heavy (non-hydrogen) atoms. The van der Waals surface area contributed by atoms with Gasteiger partial charge in [-0.15, -0.1) is 0 Å². The molecule has 0 saturated heterocycles. The normalized spacial score (nSPS) is 11.4. The summed E-state index contributed by atoms with van der Waals surface area (Å²) < 4.78 is 0. The van der Waals surface area contributed by atoms with Crippen molar-refractivity contribution in [2.75, 3.05) is 6.54 Å². The predicted molar refractivity (Wildman–Crippen MR) is 89.4 cm³/mol. The molecule has 0 N–H and O–H groups in total. The van der Waals surface area contributed by atoms with E-state index < -0.39 is 4.92 Å². The first-order valence-corrected chi connectivity index (χ1v) is 7.54. The van der Waals surface area contributed by atoms with Gasteiger partial charge in [0.05, 0.1) is 22.6 Å². The monoisotopic (exact) mass is 323 g/mol. The number of carbonyl (C=O) groups is 1. The number of benzene rings is 2. The van der Waals surface area contributed by atoms with Crippen LogP contribution in [0.4, 0.5) is 5.69 Å². The molecule has 122 valence electrons. The third kappa shape index (κ3) is 3.41. The first-order valence-electron chi connectivity index (χ1n) is 7.54. The number of para-hydroxylation sites is 1. The minimum atomic E-state index is -0.548. The maximum Gasteiger partial charge on any atom is 0.282 e. The molecule has 1 unspecified atom stereocenters. The van der Waals surface area contributed by atoms with E-state index in [2.05, 4.69) is 0 Å². The summed E-state index contributed by atoms with van der Waals surface area (Å²) in [5.41, 5.74) is 1.28. The Hall–Kier alpha value is -3.20. The second-order valence-corrected chi connectivity index (χ2v) is 5.28. The molecule has 0 radical (unpaired) electrons. The van der Waals surface area contributed by atoms with Gasteiger partial charge in [0.2, 0.25) is 0 Å². The van der Waals surface area contributed by atoms with Crippen molar-refractivity contribution in [3.63, 3.8) is 0 Å². The fourth-order valence-electron chi connectivity index (χ4n) is 2.58. The van der Waals surface area contributed by atoms with E-state index in [1.165, 1.54) is 18.2 Å². The number of carbonyl (C=O) groups excluding carboxylic acids is 1. The van der Waals surface area contributed by atoms with Gasteiger partial charge in [-0.2, -0.15) is 5.26 Å². The Morgan fingerprint density at radius 2 is 1.88 bits per heavy atom. The molecule has 1 amide bonds. The molecule has 0 spiro atoms. The van der Waals surface area contributed by atoms with Gasteiger partial charge in [-0.05, 0) is 37.6 Å². The van der Waals surface area contributed by atoms with Gasteiger partial charge in [0.25, 0.3) is 11.6 Å². The minimum absolute atomic E-state index is 0.0739. The quantitative estimate of drug-likeness (QED) is 0.620. The number of nitro groups is 1. The second kappa shape index (κ2) is 7.38. The van der Waals surface area contributed by atoms with E-state index in [0.29, 0.717) is 12.1 Å². The van der Waals surface area contributed by atoms with Gasteiger partial charge in [0, 0.05) is 12.6 Å². The Morgan fingerprint density at radius 3 is 2.42 bits per heavy atom. The number of hydrogen-bond donors (Lipinski definition) is 0. The molecule has 2 aromatic carbocycles. The first-order chi connectivity index (χ1) is 11.5. The fraction of sp³-hybridized carbons (Fsp3) is 0.222. The van der Waals surface area contributed by atoms with Gasteiger partial charge >= 0.3 is 0 Å². The Kier molecular flexibility index (Phi) is 5.27. The number of amides is 1. The molecule has 0 aromatic heterocycles. The molecule has 6 heteroatoms. The van der Waals surface area contributed by atoms with Crippen molar-refractivity contribution in [3.8, 4) is 6.07 Å². The largest absolute Gasteiger partial charge is 0.332 e. The van der Waals surface area contributed by atoms with Crippen LogP contribution in [0.15, 0.2) is 48.5 Å². The van der Waals surface area contributed by atoms with Crippen LogP contribution in [-0.2, 0) is 0 Å².